The number of nitrogens with one attached hydrogen (secondary N) is 1. The molecule has 2 aromatic carbocycles. The molecule has 4 nitrogen and oxygen atoms in total. The molecular formula is C27H32ClN3O. The summed E-state index contributed by atoms with van der Waals surface area (Å²) in [5.41, 5.74) is 4.52. The average molecular weight is 450 g/mol. The minimum Gasteiger partial charge on any atom is -0.317 e. The number of nitrogens with zero attached hydrogens (tertiary/aromatic N) is 2. The van der Waals surface area contributed by atoms with Gasteiger partial charge in [0.2, 0.25) is 0 Å². The topological polar surface area (TPSA) is 46.9 Å². The van der Waals surface area contributed by atoms with Crippen molar-refractivity contribution in [1.82, 2.24) is 14.9 Å². The van der Waals surface area contributed by atoms with Gasteiger partial charge in [-0.1, -0.05) is 62.9 Å². The summed E-state index contributed by atoms with van der Waals surface area (Å²) in [6, 6.07) is 12.8. The van der Waals surface area contributed by atoms with Crippen LogP contribution >= 0.6 is 11.6 Å². The molecule has 2 fully saturated rings. The summed E-state index contributed by atoms with van der Waals surface area (Å²) in [6.07, 6.45) is 8.08. The van der Waals surface area contributed by atoms with Crippen molar-refractivity contribution in [3.63, 3.8) is 0 Å². The molecule has 1 aliphatic carbocycles. The van der Waals surface area contributed by atoms with E-state index in [4.69, 9.17) is 11.6 Å². The fourth-order valence-corrected chi connectivity index (χ4v) is 6.36. The molecule has 0 bridgehead atoms. The van der Waals surface area contributed by atoms with Crippen LogP contribution in [0, 0.1) is 0 Å². The Bertz CT molecular complexity index is 1200. The summed E-state index contributed by atoms with van der Waals surface area (Å²) in [7, 11) is 0. The zero-order valence-corrected chi connectivity index (χ0v) is 19.8. The smallest absolute Gasteiger partial charge is 0.282 e. The van der Waals surface area contributed by atoms with Gasteiger partial charge in [0.25, 0.3) is 5.56 Å². The Balaban J connectivity index is 0.00000105. The van der Waals surface area contributed by atoms with Gasteiger partial charge in [0.15, 0.2) is 0 Å². The Kier molecular flexibility index (Phi) is 5.85. The number of benzene rings is 2. The van der Waals surface area contributed by atoms with Crippen molar-refractivity contribution in [2.24, 2.45) is 0 Å². The predicted octanol–water partition coefficient (Wildman–Crippen LogP) is 6.10. The van der Waals surface area contributed by atoms with Gasteiger partial charge < -0.3 is 5.32 Å². The molecule has 1 spiro atoms. The van der Waals surface area contributed by atoms with E-state index in [1.54, 1.807) is 6.07 Å². The molecule has 0 unspecified atom stereocenters. The largest absolute Gasteiger partial charge is 0.317 e. The Morgan fingerprint density at radius 2 is 1.81 bits per heavy atom. The van der Waals surface area contributed by atoms with Crippen LogP contribution < -0.4 is 10.9 Å². The van der Waals surface area contributed by atoms with E-state index in [2.05, 4.69) is 33.1 Å². The second-order valence-electron chi connectivity index (χ2n) is 9.15. The molecule has 3 aromatic rings. The normalized spacial score (nSPS) is 19.3. The lowest BCUT2D eigenvalue weighted by atomic mass is 9.69. The summed E-state index contributed by atoms with van der Waals surface area (Å²) in [4.78, 5) is 17.7. The van der Waals surface area contributed by atoms with Crippen molar-refractivity contribution in [1.29, 1.82) is 0 Å². The first-order valence-corrected chi connectivity index (χ1v) is 12.6. The van der Waals surface area contributed by atoms with Crippen molar-refractivity contribution in [3.05, 3.63) is 68.7 Å². The SMILES string of the molecule is CC.O=c1nc2n(c3cccc(Cl)c13)-c1cc(C3CCNCC3)ccc1C21CCCCC1. The molecule has 0 amide bonds. The maximum atomic E-state index is 13.0. The average Bonchev–Trinajstić information content (AvgIpc) is 3.10. The Morgan fingerprint density at radius 3 is 2.56 bits per heavy atom. The van der Waals surface area contributed by atoms with Gasteiger partial charge in [0.1, 0.15) is 5.82 Å². The van der Waals surface area contributed by atoms with Gasteiger partial charge in [-0.2, -0.15) is 4.98 Å². The first-order valence-electron chi connectivity index (χ1n) is 12.3. The number of rotatable bonds is 1. The van der Waals surface area contributed by atoms with Crippen LogP contribution in [0.2, 0.25) is 5.02 Å². The number of halogens is 1. The molecule has 32 heavy (non-hydrogen) atoms. The van der Waals surface area contributed by atoms with E-state index in [1.165, 1.54) is 48.9 Å². The van der Waals surface area contributed by atoms with Gasteiger partial charge in [-0.05, 0) is 74.0 Å². The second kappa shape index (κ2) is 8.64. The zero-order valence-electron chi connectivity index (χ0n) is 19.1. The minimum absolute atomic E-state index is 0.143. The summed E-state index contributed by atoms with van der Waals surface area (Å²) in [5.74, 6) is 1.52. The van der Waals surface area contributed by atoms with E-state index in [-0.39, 0.29) is 11.0 Å². The maximum Gasteiger partial charge on any atom is 0.282 e. The summed E-state index contributed by atoms with van der Waals surface area (Å²) in [6.45, 7) is 6.16. The summed E-state index contributed by atoms with van der Waals surface area (Å²) >= 11 is 6.46. The van der Waals surface area contributed by atoms with Gasteiger partial charge in [-0.25, -0.2) is 0 Å². The van der Waals surface area contributed by atoms with Crippen LogP contribution in [0.25, 0.3) is 16.6 Å². The van der Waals surface area contributed by atoms with Crippen LogP contribution in [0.5, 0.6) is 0 Å². The summed E-state index contributed by atoms with van der Waals surface area (Å²) in [5, 5.41) is 4.49. The third-order valence-electron chi connectivity index (χ3n) is 7.59. The van der Waals surface area contributed by atoms with Gasteiger partial charge in [0.05, 0.1) is 27.0 Å². The Hall–Kier alpha value is -2.17. The molecule has 1 saturated carbocycles. The van der Waals surface area contributed by atoms with Crippen molar-refractivity contribution in [2.45, 2.75) is 70.1 Å². The highest BCUT2D eigenvalue weighted by Crippen LogP contribution is 2.52. The van der Waals surface area contributed by atoms with Crippen LogP contribution in [0.1, 0.15) is 81.7 Å². The van der Waals surface area contributed by atoms with Crippen LogP contribution in [0.3, 0.4) is 0 Å². The van der Waals surface area contributed by atoms with E-state index < -0.39 is 0 Å². The molecule has 5 heteroatoms. The Morgan fingerprint density at radius 1 is 1.06 bits per heavy atom. The standard InChI is InChI=1S/C25H26ClN3O.C2H6/c26-19-5-4-6-20-22(19)23(30)28-24-25(11-2-1-3-12-25)18-8-7-17(15-21(18)29(20)24)16-9-13-27-14-10-16;1-2/h4-8,15-16,27H,1-3,9-14H2;1-2H3. The van der Waals surface area contributed by atoms with Crippen LogP contribution in [-0.2, 0) is 5.41 Å². The van der Waals surface area contributed by atoms with Crippen LogP contribution in [0.15, 0.2) is 41.2 Å². The van der Waals surface area contributed by atoms with E-state index in [1.807, 2.05) is 26.0 Å². The number of hydrogen-bond donors (Lipinski definition) is 1. The fourth-order valence-electron chi connectivity index (χ4n) is 6.11. The van der Waals surface area contributed by atoms with Crippen molar-refractivity contribution >= 4 is 22.5 Å². The second-order valence-corrected chi connectivity index (χ2v) is 9.56. The quantitative estimate of drug-likeness (QED) is 0.488. The van der Waals surface area contributed by atoms with Gasteiger partial charge in [0, 0.05) is 0 Å². The zero-order chi connectivity index (χ0) is 22.3. The lowest BCUT2D eigenvalue weighted by Crippen LogP contribution is -2.32. The predicted molar refractivity (Wildman–Crippen MR) is 132 cm³/mol. The molecule has 1 saturated heterocycles. The first-order chi connectivity index (χ1) is 15.7. The van der Waals surface area contributed by atoms with Crippen LogP contribution in [0.4, 0.5) is 0 Å². The van der Waals surface area contributed by atoms with Gasteiger partial charge in [-0.3, -0.25) is 9.36 Å². The van der Waals surface area contributed by atoms with Gasteiger partial charge in [-0.15, -0.1) is 0 Å². The molecule has 0 atom stereocenters. The molecular weight excluding hydrogens is 418 g/mol. The molecule has 3 heterocycles. The lowest BCUT2D eigenvalue weighted by molar-refractivity contribution is 0.338. The lowest BCUT2D eigenvalue weighted by Gasteiger charge is -2.33. The molecule has 168 valence electrons. The van der Waals surface area contributed by atoms with Crippen molar-refractivity contribution in [2.75, 3.05) is 13.1 Å². The third kappa shape index (κ3) is 3.22. The number of aromatic nitrogens is 2. The molecule has 6 rings (SSSR count). The molecule has 0 radical (unpaired) electrons. The van der Waals surface area contributed by atoms with Crippen molar-refractivity contribution < 1.29 is 0 Å². The van der Waals surface area contributed by atoms with Gasteiger partial charge >= 0.3 is 0 Å². The molecule has 1 aromatic heterocycles. The van der Waals surface area contributed by atoms with E-state index in [0.29, 0.717) is 16.3 Å². The number of fused-ring (bicyclic) bond motifs is 7. The highest BCUT2D eigenvalue weighted by atomic mass is 35.5. The van der Waals surface area contributed by atoms with E-state index >= 15 is 0 Å². The first kappa shape index (κ1) is 21.7. The maximum absolute atomic E-state index is 13.0. The summed E-state index contributed by atoms with van der Waals surface area (Å²) < 4.78 is 2.26. The molecule has 2 aliphatic heterocycles. The fraction of sp³-hybridized carbons (Fsp3) is 0.481. The Labute approximate surface area is 195 Å². The highest BCUT2D eigenvalue weighted by molar-refractivity contribution is 6.35. The minimum atomic E-state index is -0.196. The van der Waals surface area contributed by atoms with Crippen molar-refractivity contribution in [3.8, 4) is 5.69 Å². The van der Waals surface area contributed by atoms with E-state index in [0.717, 1.165) is 37.3 Å². The third-order valence-corrected chi connectivity index (χ3v) is 7.90. The number of hydrogen-bond acceptors (Lipinski definition) is 3. The molecule has 1 N–H and O–H groups in total. The molecule has 3 aliphatic rings. The monoisotopic (exact) mass is 449 g/mol. The highest BCUT2D eigenvalue weighted by Gasteiger charge is 2.46. The van der Waals surface area contributed by atoms with Crippen LogP contribution in [-0.4, -0.2) is 22.6 Å². The van der Waals surface area contributed by atoms with E-state index in [9.17, 15) is 4.79 Å². The number of piperidine rings is 1.